The van der Waals surface area contributed by atoms with Gasteiger partial charge in [0.25, 0.3) is 0 Å². The van der Waals surface area contributed by atoms with Crippen LogP contribution in [0.25, 0.3) is 0 Å². The summed E-state index contributed by atoms with van der Waals surface area (Å²) in [4.78, 5) is 11.3. The van der Waals surface area contributed by atoms with Crippen LogP contribution in [0.2, 0.25) is 0 Å². The lowest BCUT2D eigenvalue weighted by molar-refractivity contribution is 0.0494. The summed E-state index contributed by atoms with van der Waals surface area (Å²) < 4.78 is 18.1. The van der Waals surface area contributed by atoms with Gasteiger partial charge >= 0.3 is 5.97 Å². The summed E-state index contributed by atoms with van der Waals surface area (Å²) in [7, 11) is 0. The third-order valence-electron chi connectivity index (χ3n) is 1.94. The zero-order chi connectivity index (χ0) is 11.3. The first-order valence-corrected chi connectivity index (χ1v) is 4.87. The molecule has 0 amide bonds. The van der Waals surface area contributed by atoms with E-state index in [-0.39, 0.29) is 11.3 Å². The second-order valence-corrected chi connectivity index (χ2v) is 3.23. The van der Waals surface area contributed by atoms with Crippen LogP contribution in [0, 0.1) is 5.82 Å². The summed E-state index contributed by atoms with van der Waals surface area (Å²) in [5, 5.41) is 0. The number of nitrogen functional groups attached to an aromatic ring is 1. The van der Waals surface area contributed by atoms with Crippen LogP contribution in [-0.4, -0.2) is 12.6 Å². The number of hydrogen-bond acceptors (Lipinski definition) is 3. The lowest BCUT2D eigenvalue weighted by atomic mass is 10.2. The molecule has 0 aliphatic carbocycles. The Bertz CT molecular complexity index is 352. The summed E-state index contributed by atoms with van der Waals surface area (Å²) in [5.41, 5.74) is 5.58. The van der Waals surface area contributed by atoms with E-state index in [4.69, 9.17) is 10.5 Å². The van der Waals surface area contributed by atoms with E-state index in [1.54, 1.807) is 0 Å². The minimum absolute atomic E-state index is 0.0692. The molecule has 0 radical (unpaired) electrons. The highest BCUT2D eigenvalue weighted by Crippen LogP contribution is 2.12. The third kappa shape index (κ3) is 3.23. The van der Waals surface area contributed by atoms with Crippen molar-refractivity contribution in [3.8, 4) is 0 Å². The zero-order valence-corrected chi connectivity index (χ0v) is 8.63. The van der Waals surface area contributed by atoms with E-state index < -0.39 is 11.8 Å². The molecule has 0 atom stereocenters. The molecule has 0 heterocycles. The predicted octanol–water partition coefficient (Wildman–Crippen LogP) is 2.36. The normalized spacial score (nSPS) is 10.0. The second kappa shape index (κ2) is 5.34. The molecule has 0 saturated heterocycles. The Hall–Kier alpha value is -1.58. The molecule has 0 saturated carbocycles. The summed E-state index contributed by atoms with van der Waals surface area (Å²) >= 11 is 0. The highest BCUT2D eigenvalue weighted by atomic mass is 19.1. The number of halogens is 1. The fraction of sp³-hybridized carbons (Fsp3) is 0.364. The first-order chi connectivity index (χ1) is 7.15. The fourth-order valence-electron chi connectivity index (χ4n) is 1.08. The largest absolute Gasteiger partial charge is 0.462 e. The summed E-state index contributed by atoms with van der Waals surface area (Å²) in [6, 6.07) is 3.91. The number of anilines is 1. The van der Waals surface area contributed by atoms with Gasteiger partial charge in [0.1, 0.15) is 5.82 Å². The van der Waals surface area contributed by atoms with Crippen molar-refractivity contribution in [3.63, 3.8) is 0 Å². The van der Waals surface area contributed by atoms with E-state index in [9.17, 15) is 9.18 Å². The number of carbonyl (C=O) groups is 1. The number of hydrogen-bond donors (Lipinski definition) is 1. The van der Waals surface area contributed by atoms with Gasteiger partial charge in [0.2, 0.25) is 0 Å². The second-order valence-electron chi connectivity index (χ2n) is 3.23. The topological polar surface area (TPSA) is 52.3 Å². The average molecular weight is 211 g/mol. The lowest BCUT2D eigenvalue weighted by Gasteiger charge is -2.05. The van der Waals surface area contributed by atoms with Gasteiger partial charge < -0.3 is 10.5 Å². The number of ether oxygens (including phenoxy) is 1. The van der Waals surface area contributed by atoms with Crippen LogP contribution >= 0.6 is 0 Å². The lowest BCUT2D eigenvalue weighted by Crippen LogP contribution is -2.08. The Morgan fingerprint density at radius 1 is 1.53 bits per heavy atom. The molecule has 15 heavy (non-hydrogen) atoms. The maximum absolute atomic E-state index is 13.2. The van der Waals surface area contributed by atoms with E-state index in [2.05, 4.69) is 0 Å². The molecule has 0 aromatic heterocycles. The van der Waals surface area contributed by atoms with Crippen molar-refractivity contribution in [2.45, 2.75) is 19.8 Å². The number of esters is 1. The zero-order valence-electron chi connectivity index (χ0n) is 8.63. The van der Waals surface area contributed by atoms with E-state index in [0.29, 0.717) is 6.61 Å². The van der Waals surface area contributed by atoms with Gasteiger partial charge in [-0.1, -0.05) is 13.3 Å². The molecule has 1 aromatic rings. The van der Waals surface area contributed by atoms with Gasteiger partial charge in [0, 0.05) is 5.69 Å². The summed E-state index contributed by atoms with van der Waals surface area (Å²) in [6.45, 7) is 2.30. The molecule has 0 spiro atoms. The summed E-state index contributed by atoms with van der Waals surface area (Å²) in [5.74, 6) is -1.28. The SMILES string of the molecule is CCCCOC(=O)c1ccc(N)cc1F. The first kappa shape index (κ1) is 11.5. The Balaban J connectivity index is 2.65. The smallest absolute Gasteiger partial charge is 0.341 e. The highest BCUT2D eigenvalue weighted by molar-refractivity contribution is 5.90. The van der Waals surface area contributed by atoms with Crippen LogP contribution in [0.3, 0.4) is 0 Å². The molecule has 1 aromatic carbocycles. The maximum Gasteiger partial charge on any atom is 0.341 e. The van der Waals surface area contributed by atoms with Crippen LogP contribution in [0.15, 0.2) is 18.2 Å². The average Bonchev–Trinajstić information content (AvgIpc) is 2.17. The van der Waals surface area contributed by atoms with Crippen molar-refractivity contribution >= 4 is 11.7 Å². The number of nitrogens with two attached hydrogens (primary N) is 1. The van der Waals surface area contributed by atoms with Crippen molar-refractivity contribution in [1.29, 1.82) is 0 Å². The van der Waals surface area contributed by atoms with Gasteiger partial charge in [-0.05, 0) is 24.6 Å². The fourth-order valence-corrected chi connectivity index (χ4v) is 1.08. The number of rotatable bonds is 4. The first-order valence-electron chi connectivity index (χ1n) is 4.87. The third-order valence-corrected chi connectivity index (χ3v) is 1.94. The molecule has 4 heteroatoms. The molecule has 3 nitrogen and oxygen atoms in total. The van der Waals surface area contributed by atoms with Crippen LogP contribution in [-0.2, 0) is 4.74 Å². The van der Waals surface area contributed by atoms with Crippen molar-refractivity contribution in [2.24, 2.45) is 0 Å². The molecule has 2 N–H and O–H groups in total. The highest BCUT2D eigenvalue weighted by Gasteiger charge is 2.12. The van der Waals surface area contributed by atoms with Crippen LogP contribution in [0.4, 0.5) is 10.1 Å². The molecule has 82 valence electrons. The van der Waals surface area contributed by atoms with Gasteiger partial charge in [-0.2, -0.15) is 0 Å². The standard InChI is InChI=1S/C11H14FNO2/c1-2-3-6-15-11(14)9-5-4-8(13)7-10(9)12/h4-5,7H,2-3,6,13H2,1H3. The number of carbonyl (C=O) groups excluding carboxylic acids is 1. The van der Waals surface area contributed by atoms with Gasteiger partial charge in [0.05, 0.1) is 12.2 Å². The molecular weight excluding hydrogens is 197 g/mol. The van der Waals surface area contributed by atoms with Gasteiger partial charge in [-0.3, -0.25) is 0 Å². The predicted molar refractivity (Wildman–Crippen MR) is 56.0 cm³/mol. The van der Waals surface area contributed by atoms with Crippen molar-refractivity contribution in [1.82, 2.24) is 0 Å². The Morgan fingerprint density at radius 3 is 2.87 bits per heavy atom. The van der Waals surface area contributed by atoms with Crippen molar-refractivity contribution in [3.05, 3.63) is 29.6 Å². The monoisotopic (exact) mass is 211 g/mol. The van der Waals surface area contributed by atoms with Crippen LogP contribution in [0.1, 0.15) is 30.1 Å². The molecule has 0 aliphatic rings. The Kier molecular flexibility index (Phi) is 4.09. The number of unbranched alkanes of at least 4 members (excludes halogenated alkanes) is 1. The van der Waals surface area contributed by atoms with Crippen LogP contribution in [0.5, 0.6) is 0 Å². The molecule has 0 aliphatic heterocycles. The van der Waals surface area contributed by atoms with E-state index in [1.165, 1.54) is 12.1 Å². The molecule has 0 fully saturated rings. The Labute approximate surface area is 88.0 Å². The maximum atomic E-state index is 13.2. The van der Waals surface area contributed by atoms with Crippen molar-refractivity contribution < 1.29 is 13.9 Å². The number of benzene rings is 1. The molecule has 1 rings (SSSR count). The van der Waals surface area contributed by atoms with Gasteiger partial charge in [-0.15, -0.1) is 0 Å². The van der Waals surface area contributed by atoms with E-state index in [0.717, 1.165) is 18.9 Å². The van der Waals surface area contributed by atoms with Gasteiger partial charge in [0.15, 0.2) is 0 Å². The summed E-state index contributed by atoms with van der Waals surface area (Å²) in [6.07, 6.45) is 1.71. The molecule has 0 bridgehead atoms. The molecule has 0 unspecified atom stereocenters. The van der Waals surface area contributed by atoms with Crippen molar-refractivity contribution in [2.75, 3.05) is 12.3 Å². The Morgan fingerprint density at radius 2 is 2.27 bits per heavy atom. The van der Waals surface area contributed by atoms with E-state index in [1.807, 2.05) is 6.92 Å². The van der Waals surface area contributed by atoms with Crippen LogP contribution < -0.4 is 5.73 Å². The van der Waals surface area contributed by atoms with E-state index >= 15 is 0 Å². The quantitative estimate of drug-likeness (QED) is 0.472. The minimum Gasteiger partial charge on any atom is -0.462 e. The molecular formula is C11H14FNO2. The van der Waals surface area contributed by atoms with Gasteiger partial charge in [-0.25, -0.2) is 9.18 Å². The minimum atomic E-state index is -0.642.